The van der Waals surface area contributed by atoms with E-state index in [-0.39, 0.29) is 0 Å². The molecular formula is C5H8N2S3. The van der Waals surface area contributed by atoms with Crippen molar-refractivity contribution >= 4 is 34.9 Å². The van der Waals surface area contributed by atoms with Crippen molar-refractivity contribution < 1.29 is 0 Å². The highest BCUT2D eigenvalue weighted by Gasteiger charge is 1.94. The maximum atomic E-state index is 3.91. The van der Waals surface area contributed by atoms with E-state index in [0.29, 0.717) is 0 Å². The molecule has 0 aliphatic carbocycles. The van der Waals surface area contributed by atoms with Crippen LogP contribution in [0.3, 0.4) is 0 Å². The minimum Gasteiger partial charge on any atom is -0.165 e. The van der Waals surface area contributed by atoms with Crippen LogP contribution in [0.15, 0.2) is 9.85 Å². The Morgan fingerprint density at radius 2 is 2.50 bits per heavy atom. The summed E-state index contributed by atoms with van der Waals surface area (Å²) in [4.78, 5) is 0. The third-order valence-electron chi connectivity index (χ3n) is 0.853. The fourth-order valence-electron chi connectivity index (χ4n) is 0.438. The van der Waals surface area contributed by atoms with Crippen molar-refractivity contribution in [2.75, 3.05) is 17.8 Å². The van der Waals surface area contributed by atoms with Crippen molar-refractivity contribution in [1.82, 2.24) is 10.2 Å². The van der Waals surface area contributed by atoms with Gasteiger partial charge in [-0.05, 0) is 6.26 Å². The number of nitrogens with zero attached hydrogens (tertiary/aromatic N) is 2. The predicted octanol–water partition coefficient (Wildman–Crippen LogP) is 1.99. The van der Waals surface area contributed by atoms with Crippen LogP contribution in [-0.4, -0.2) is 28.0 Å². The summed E-state index contributed by atoms with van der Waals surface area (Å²) in [5, 5.41) is 7.65. The zero-order chi connectivity index (χ0) is 7.23. The second-order valence-electron chi connectivity index (χ2n) is 1.55. The minimum absolute atomic E-state index is 1.08. The van der Waals surface area contributed by atoms with Gasteiger partial charge in [-0.2, -0.15) is 11.8 Å². The topological polar surface area (TPSA) is 25.8 Å². The number of rotatable bonds is 4. The van der Waals surface area contributed by atoms with Gasteiger partial charge < -0.3 is 0 Å². The summed E-state index contributed by atoms with van der Waals surface area (Å²) in [6.45, 7) is 0. The van der Waals surface area contributed by atoms with Gasteiger partial charge in [0.1, 0.15) is 5.51 Å². The molecule has 0 fully saturated rings. The lowest BCUT2D eigenvalue weighted by atomic mass is 11.0. The Labute approximate surface area is 72.8 Å². The third kappa shape index (κ3) is 2.90. The number of hydrogen-bond donors (Lipinski definition) is 0. The van der Waals surface area contributed by atoms with Gasteiger partial charge in [-0.15, -0.1) is 10.2 Å². The van der Waals surface area contributed by atoms with E-state index < -0.39 is 0 Å². The highest BCUT2D eigenvalue weighted by atomic mass is 32.2. The molecule has 0 amide bonds. The summed E-state index contributed by atoms with van der Waals surface area (Å²) in [6.07, 6.45) is 2.11. The first-order chi connectivity index (χ1) is 4.93. The lowest BCUT2D eigenvalue weighted by Crippen LogP contribution is -1.81. The molecule has 0 aromatic carbocycles. The van der Waals surface area contributed by atoms with Crippen LogP contribution in [0.2, 0.25) is 0 Å². The molecule has 0 unspecified atom stereocenters. The van der Waals surface area contributed by atoms with Crippen molar-refractivity contribution in [3.05, 3.63) is 5.51 Å². The Hall–Kier alpha value is 0.260. The quantitative estimate of drug-likeness (QED) is 0.538. The summed E-state index contributed by atoms with van der Waals surface area (Å²) in [7, 11) is 0. The molecule has 0 radical (unpaired) electrons. The molecule has 56 valence electrons. The lowest BCUT2D eigenvalue weighted by Gasteiger charge is -1.91. The van der Waals surface area contributed by atoms with Crippen LogP contribution in [0.1, 0.15) is 0 Å². The van der Waals surface area contributed by atoms with E-state index in [4.69, 9.17) is 0 Å². The zero-order valence-corrected chi connectivity index (χ0v) is 8.06. The van der Waals surface area contributed by atoms with E-state index in [1.807, 2.05) is 11.8 Å². The number of hydrogen-bond acceptors (Lipinski definition) is 5. The molecule has 0 N–H and O–H groups in total. The molecule has 0 spiro atoms. The average Bonchev–Trinajstić information content (AvgIpc) is 2.41. The van der Waals surface area contributed by atoms with Crippen molar-refractivity contribution in [3.8, 4) is 0 Å². The van der Waals surface area contributed by atoms with Gasteiger partial charge in [0.05, 0.1) is 0 Å². The lowest BCUT2D eigenvalue weighted by molar-refractivity contribution is 1.01. The van der Waals surface area contributed by atoms with Crippen LogP contribution in [0.25, 0.3) is 0 Å². The summed E-state index contributed by atoms with van der Waals surface area (Å²) in [5.74, 6) is 2.32. The molecule has 0 atom stereocenters. The number of aromatic nitrogens is 2. The van der Waals surface area contributed by atoms with Crippen molar-refractivity contribution in [1.29, 1.82) is 0 Å². The smallest absolute Gasteiger partial charge is 0.165 e. The molecule has 0 aliphatic rings. The molecule has 1 rings (SSSR count). The Kier molecular flexibility index (Phi) is 4.16. The summed E-state index contributed by atoms with van der Waals surface area (Å²) in [6, 6.07) is 0. The van der Waals surface area contributed by atoms with Crippen LogP contribution >= 0.6 is 34.9 Å². The van der Waals surface area contributed by atoms with Crippen LogP contribution in [0.5, 0.6) is 0 Å². The van der Waals surface area contributed by atoms with E-state index in [0.717, 1.165) is 10.1 Å². The maximum Gasteiger partial charge on any atom is 0.174 e. The second-order valence-corrected chi connectivity index (χ2v) is 4.71. The Balaban J connectivity index is 2.15. The number of thioether (sulfide) groups is 2. The van der Waals surface area contributed by atoms with Gasteiger partial charge in [0, 0.05) is 11.5 Å². The first-order valence-electron chi connectivity index (χ1n) is 2.81. The largest absolute Gasteiger partial charge is 0.174 e. The van der Waals surface area contributed by atoms with Gasteiger partial charge in [0.15, 0.2) is 4.34 Å². The van der Waals surface area contributed by atoms with Gasteiger partial charge in [-0.25, -0.2) is 0 Å². The van der Waals surface area contributed by atoms with Gasteiger partial charge >= 0.3 is 0 Å². The van der Waals surface area contributed by atoms with Gasteiger partial charge in [-0.3, -0.25) is 0 Å². The molecule has 2 nitrogen and oxygen atoms in total. The molecular weight excluding hydrogens is 184 g/mol. The van der Waals surface area contributed by atoms with E-state index in [1.165, 1.54) is 5.75 Å². The zero-order valence-electron chi connectivity index (χ0n) is 5.61. The highest BCUT2D eigenvalue weighted by molar-refractivity contribution is 8.03. The van der Waals surface area contributed by atoms with Crippen molar-refractivity contribution in [3.63, 3.8) is 0 Å². The molecule has 1 aromatic rings. The Morgan fingerprint density at radius 3 is 3.10 bits per heavy atom. The van der Waals surface area contributed by atoms with E-state index in [9.17, 15) is 0 Å². The average molecular weight is 192 g/mol. The minimum atomic E-state index is 1.08. The molecule has 0 aliphatic heterocycles. The normalized spacial score (nSPS) is 10.1. The van der Waals surface area contributed by atoms with Crippen LogP contribution in [0, 0.1) is 0 Å². The molecule has 1 aromatic heterocycles. The maximum absolute atomic E-state index is 3.91. The van der Waals surface area contributed by atoms with Crippen LogP contribution in [-0.2, 0) is 0 Å². The first-order valence-corrected chi connectivity index (χ1v) is 6.07. The Morgan fingerprint density at radius 1 is 1.60 bits per heavy atom. The fourth-order valence-corrected chi connectivity index (χ4v) is 2.65. The van der Waals surface area contributed by atoms with Crippen molar-refractivity contribution in [2.24, 2.45) is 0 Å². The van der Waals surface area contributed by atoms with Gasteiger partial charge in [0.25, 0.3) is 0 Å². The third-order valence-corrected chi connectivity index (χ3v) is 3.59. The molecule has 0 saturated carbocycles. The molecule has 1 heterocycles. The molecule has 0 saturated heterocycles. The monoisotopic (exact) mass is 192 g/mol. The van der Waals surface area contributed by atoms with Gasteiger partial charge in [0.2, 0.25) is 0 Å². The van der Waals surface area contributed by atoms with E-state index in [1.54, 1.807) is 28.6 Å². The highest BCUT2D eigenvalue weighted by Crippen LogP contribution is 2.19. The second kappa shape index (κ2) is 4.98. The standard InChI is InChI=1S/C5H8N2S3/c1-8-2-3-9-5-7-6-4-10-5/h4H,2-3H2,1H3. The van der Waals surface area contributed by atoms with Crippen molar-refractivity contribution in [2.45, 2.75) is 4.34 Å². The molecule has 0 bridgehead atoms. The predicted molar refractivity (Wildman–Crippen MR) is 49.0 cm³/mol. The van der Waals surface area contributed by atoms with Gasteiger partial charge in [-0.1, -0.05) is 23.1 Å². The SMILES string of the molecule is CSCCSc1nncs1. The molecule has 10 heavy (non-hydrogen) atoms. The van der Waals surface area contributed by atoms with E-state index >= 15 is 0 Å². The van der Waals surface area contributed by atoms with Crippen LogP contribution < -0.4 is 0 Å². The Bertz CT molecular complexity index is 163. The fraction of sp³-hybridized carbons (Fsp3) is 0.600. The first kappa shape index (κ1) is 8.36. The van der Waals surface area contributed by atoms with E-state index in [2.05, 4.69) is 16.5 Å². The summed E-state index contributed by atoms with van der Waals surface area (Å²) in [5.41, 5.74) is 1.77. The summed E-state index contributed by atoms with van der Waals surface area (Å²) >= 11 is 5.24. The molecule has 5 heteroatoms. The summed E-state index contributed by atoms with van der Waals surface area (Å²) < 4.78 is 1.08. The van der Waals surface area contributed by atoms with Crippen LogP contribution in [0.4, 0.5) is 0 Å².